The summed E-state index contributed by atoms with van der Waals surface area (Å²) in [6.07, 6.45) is 1.94. The molecule has 0 radical (unpaired) electrons. The van der Waals surface area contributed by atoms with Crippen molar-refractivity contribution in [2.24, 2.45) is 0 Å². The van der Waals surface area contributed by atoms with Gasteiger partial charge in [0.15, 0.2) is 0 Å². The predicted molar refractivity (Wildman–Crippen MR) is 113 cm³/mol. The minimum atomic E-state index is -3.72. The Morgan fingerprint density at radius 3 is 2.55 bits per heavy atom. The molecule has 1 N–H and O–H groups in total. The van der Waals surface area contributed by atoms with Crippen LogP contribution in [0.1, 0.15) is 22.8 Å². The molecule has 148 valence electrons. The zero-order chi connectivity index (χ0) is 20.4. The first kappa shape index (κ1) is 19.4. The molecule has 1 aromatic heterocycles. The lowest BCUT2D eigenvalue weighted by Gasteiger charge is -2.24. The van der Waals surface area contributed by atoms with Crippen LogP contribution >= 0.6 is 11.3 Å². The molecule has 7 heteroatoms. The summed E-state index contributed by atoms with van der Waals surface area (Å²) in [6, 6.07) is 15.8. The highest BCUT2D eigenvalue weighted by Crippen LogP contribution is 2.45. The highest BCUT2D eigenvalue weighted by atomic mass is 32.2. The van der Waals surface area contributed by atoms with Crippen molar-refractivity contribution in [3.63, 3.8) is 0 Å². The van der Waals surface area contributed by atoms with E-state index >= 15 is 0 Å². The zero-order valence-electron chi connectivity index (χ0n) is 15.5. The molecule has 1 amide bonds. The van der Waals surface area contributed by atoms with Crippen LogP contribution in [0.5, 0.6) is 5.75 Å². The molecule has 0 saturated heterocycles. The monoisotopic (exact) mass is 425 g/mol. The first-order valence-corrected chi connectivity index (χ1v) is 11.4. The summed E-state index contributed by atoms with van der Waals surface area (Å²) in [5, 5.41) is 4.40. The molecular formula is C22H19NO4S2. The Morgan fingerprint density at radius 1 is 1.14 bits per heavy atom. The summed E-state index contributed by atoms with van der Waals surface area (Å²) >= 11 is 1.36. The van der Waals surface area contributed by atoms with E-state index in [1.807, 2.05) is 24.3 Å². The van der Waals surface area contributed by atoms with Crippen molar-refractivity contribution in [1.29, 1.82) is 0 Å². The number of hydrogen-bond donors (Lipinski definition) is 1. The Hall–Kier alpha value is -2.90. The minimum absolute atomic E-state index is 0.146. The van der Waals surface area contributed by atoms with Crippen molar-refractivity contribution in [3.8, 4) is 5.75 Å². The summed E-state index contributed by atoms with van der Waals surface area (Å²) in [7, 11) is -3.72. The Morgan fingerprint density at radius 2 is 1.86 bits per heavy atom. The molecule has 1 aliphatic heterocycles. The molecule has 0 fully saturated rings. The van der Waals surface area contributed by atoms with Crippen LogP contribution in [0.2, 0.25) is 0 Å². The van der Waals surface area contributed by atoms with E-state index in [9.17, 15) is 13.2 Å². The molecule has 1 atom stereocenters. The molecule has 0 unspecified atom stereocenters. The third-order valence-electron chi connectivity index (χ3n) is 4.75. The number of carbonyl (C=O) groups excluding carboxylic acids is 1. The summed E-state index contributed by atoms with van der Waals surface area (Å²) in [6.45, 7) is 4.04. The van der Waals surface area contributed by atoms with Crippen molar-refractivity contribution in [2.45, 2.75) is 22.1 Å². The molecule has 0 saturated carbocycles. The van der Waals surface area contributed by atoms with Crippen LogP contribution in [0.4, 0.5) is 5.69 Å². The van der Waals surface area contributed by atoms with E-state index in [2.05, 4.69) is 11.9 Å². The molecular weight excluding hydrogens is 406 g/mol. The molecule has 1 aliphatic rings. The smallest absolute Gasteiger partial charge is 0.225 e. The third kappa shape index (κ3) is 3.71. The number of carbonyl (C=O) groups is 1. The Labute approximate surface area is 173 Å². The van der Waals surface area contributed by atoms with Gasteiger partial charge >= 0.3 is 0 Å². The highest BCUT2D eigenvalue weighted by Gasteiger charge is 2.34. The molecule has 2 heterocycles. The van der Waals surface area contributed by atoms with E-state index in [0.717, 1.165) is 10.4 Å². The molecule has 0 spiro atoms. The lowest BCUT2D eigenvalue weighted by atomic mass is 9.90. The number of fused-ring (bicyclic) bond motifs is 1. The Kier molecular flexibility index (Phi) is 5.25. The van der Waals surface area contributed by atoms with Gasteiger partial charge in [0.05, 0.1) is 10.6 Å². The fraction of sp³-hybridized carbons (Fsp3) is 0.136. The number of rotatable bonds is 6. The summed E-state index contributed by atoms with van der Waals surface area (Å²) in [5.74, 6) is 0.321. The van der Waals surface area contributed by atoms with Crippen LogP contribution in [0.15, 0.2) is 82.4 Å². The SMILES string of the molecule is C=CCOc1ccc([C@H]2CC(=O)Nc3c(S(=O)(=O)c4ccccc4)csc32)cc1. The van der Waals surface area contributed by atoms with Crippen LogP contribution in [0.25, 0.3) is 0 Å². The number of benzene rings is 2. The lowest BCUT2D eigenvalue weighted by Crippen LogP contribution is -2.23. The van der Waals surface area contributed by atoms with Gasteiger partial charge in [-0.05, 0) is 29.8 Å². The summed E-state index contributed by atoms with van der Waals surface area (Å²) in [4.78, 5) is 13.6. The third-order valence-corrected chi connectivity index (χ3v) is 7.79. The van der Waals surface area contributed by atoms with Gasteiger partial charge in [-0.15, -0.1) is 11.3 Å². The number of nitrogens with one attached hydrogen (secondary N) is 1. The van der Waals surface area contributed by atoms with Crippen LogP contribution in [-0.2, 0) is 14.6 Å². The van der Waals surface area contributed by atoms with Crippen molar-refractivity contribution >= 4 is 32.8 Å². The standard InChI is InChI=1S/C22H19NO4S2/c1-2-12-27-16-10-8-15(9-11-16)18-13-20(24)23-21-19(14-28-22(18)21)29(25,26)17-6-4-3-5-7-17/h2-11,14,18H,1,12-13H2,(H,23,24)/t18-/m1/s1. The maximum absolute atomic E-state index is 13.1. The van der Waals surface area contributed by atoms with Crippen LogP contribution in [0, 0.1) is 0 Å². The summed E-state index contributed by atoms with van der Waals surface area (Å²) in [5.41, 5.74) is 1.34. The van der Waals surface area contributed by atoms with Gasteiger partial charge in [0, 0.05) is 22.6 Å². The van der Waals surface area contributed by atoms with E-state index in [-0.39, 0.29) is 28.0 Å². The fourth-order valence-corrected chi connectivity index (χ4v) is 6.28. The fourth-order valence-electron chi connectivity index (χ4n) is 3.35. The minimum Gasteiger partial charge on any atom is -0.490 e. The summed E-state index contributed by atoms with van der Waals surface area (Å²) < 4.78 is 31.7. The predicted octanol–water partition coefficient (Wildman–Crippen LogP) is 4.62. The average Bonchev–Trinajstić information content (AvgIpc) is 3.17. The molecule has 29 heavy (non-hydrogen) atoms. The van der Waals surface area contributed by atoms with Crippen LogP contribution in [0.3, 0.4) is 0 Å². The number of anilines is 1. The maximum Gasteiger partial charge on any atom is 0.225 e. The molecule has 0 aliphatic carbocycles. The first-order valence-electron chi connectivity index (χ1n) is 9.05. The second-order valence-corrected chi connectivity index (χ2v) is 9.46. The maximum atomic E-state index is 13.1. The van der Waals surface area contributed by atoms with E-state index in [0.29, 0.717) is 18.0 Å². The Bertz CT molecular complexity index is 1150. The largest absolute Gasteiger partial charge is 0.490 e. The second-order valence-electron chi connectivity index (χ2n) is 6.63. The number of thiophene rings is 1. The zero-order valence-corrected chi connectivity index (χ0v) is 17.1. The van der Waals surface area contributed by atoms with Gasteiger partial charge in [0.25, 0.3) is 0 Å². The topological polar surface area (TPSA) is 72.5 Å². The van der Waals surface area contributed by atoms with Crippen LogP contribution < -0.4 is 10.1 Å². The Balaban J connectivity index is 1.72. The molecule has 5 nitrogen and oxygen atoms in total. The lowest BCUT2D eigenvalue weighted by molar-refractivity contribution is -0.116. The van der Waals surface area contributed by atoms with Gasteiger partial charge in [-0.2, -0.15) is 0 Å². The average molecular weight is 426 g/mol. The molecule has 0 bridgehead atoms. The van der Waals surface area contributed by atoms with Crippen molar-refractivity contribution in [1.82, 2.24) is 0 Å². The normalized spacial score (nSPS) is 16.0. The van der Waals surface area contributed by atoms with Gasteiger partial charge in [-0.25, -0.2) is 8.42 Å². The van der Waals surface area contributed by atoms with Gasteiger partial charge in [-0.1, -0.05) is 43.0 Å². The first-order chi connectivity index (χ1) is 14.0. The number of hydrogen-bond acceptors (Lipinski definition) is 5. The van der Waals surface area contributed by atoms with Crippen molar-refractivity contribution in [2.75, 3.05) is 11.9 Å². The van der Waals surface area contributed by atoms with Gasteiger partial charge in [0.2, 0.25) is 15.7 Å². The number of sulfone groups is 1. The molecule has 3 aromatic rings. The van der Waals surface area contributed by atoms with Gasteiger partial charge < -0.3 is 10.1 Å². The van der Waals surface area contributed by atoms with E-state index < -0.39 is 9.84 Å². The highest BCUT2D eigenvalue weighted by molar-refractivity contribution is 7.91. The van der Waals surface area contributed by atoms with E-state index in [1.54, 1.807) is 41.8 Å². The van der Waals surface area contributed by atoms with Gasteiger partial charge in [0.1, 0.15) is 17.3 Å². The van der Waals surface area contributed by atoms with E-state index in [4.69, 9.17) is 4.74 Å². The number of amides is 1. The number of ether oxygens (including phenoxy) is 1. The van der Waals surface area contributed by atoms with Gasteiger partial charge in [-0.3, -0.25) is 4.79 Å². The second kappa shape index (κ2) is 7.85. The van der Waals surface area contributed by atoms with Crippen LogP contribution in [-0.4, -0.2) is 20.9 Å². The molecule has 2 aromatic carbocycles. The quantitative estimate of drug-likeness (QED) is 0.585. The van der Waals surface area contributed by atoms with E-state index in [1.165, 1.54) is 11.3 Å². The van der Waals surface area contributed by atoms with Crippen molar-refractivity contribution < 1.29 is 17.9 Å². The van der Waals surface area contributed by atoms with Crippen molar-refractivity contribution in [3.05, 3.63) is 83.1 Å². The molecule has 4 rings (SSSR count).